The minimum Gasteiger partial charge on any atom is -0.493 e. The summed E-state index contributed by atoms with van der Waals surface area (Å²) >= 11 is 0. The van der Waals surface area contributed by atoms with Crippen LogP contribution in [0.4, 0.5) is 13.2 Å². The fourth-order valence-electron chi connectivity index (χ4n) is 3.52. The van der Waals surface area contributed by atoms with E-state index in [-0.39, 0.29) is 18.8 Å². The summed E-state index contributed by atoms with van der Waals surface area (Å²) in [5, 5.41) is 2.74. The molecule has 10 heteroatoms. The second kappa shape index (κ2) is 12.4. The molecule has 1 heterocycles. The number of halogens is 3. The molecule has 0 atom stereocenters. The molecule has 0 fully saturated rings. The van der Waals surface area contributed by atoms with E-state index in [1.54, 1.807) is 18.2 Å². The lowest BCUT2D eigenvalue weighted by atomic mass is 10.1. The van der Waals surface area contributed by atoms with Crippen molar-refractivity contribution in [2.45, 2.75) is 44.3 Å². The van der Waals surface area contributed by atoms with Crippen LogP contribution in [0.2, 0.25) is 0 Å². The molecule has 0 saturated heterocycles. The number of unbranched alkanes of at least 4 members (excludes halogenated alkanes) is 2. The monoisotopic (exact) mass is 511 g/mol. The first-order chi connectivity index (χ1) is 16.7. The lowest BCUT2D eigenvalue weighted by Gasteiger charge is -2.17. The maximum atomic E-state index is 13.5. The smallest absolute Gasteiger partial charge is 0.394 e. The Kier molecular flexibility index (Phi) is 9.57. The first-order valence-corrected chi connectivity index (χ1v) is 13.0. The highest BCUT2D eigenvalue weighted by Gasteiger charge is 2.47. The van der Waals surface area contributed by atoms with E-state index in [4.69, 9.17) is 18.9 Å². The Morgan fingerprint density at radius 2 is 1.74 bits per heavy atom. The normalized spacial score (nSPS) is 12.1. The average Bonchev–Trinajstić information content (AvgIpc) is 3.25. The number of hydrogen-bond donors (Lipinski definition) is 3. The molecule has 3 aromatic rings. The van der Waals surface area contributed by atoms with Gasteiger partial charge in [0.25, 0.3) is 6.01 Å². The summed E-state index contributed by atoms with van der Waals surface area (Å²) in [6.45, 7) is 0.331. The van der Waals surface area contributed by atoms with Gasteiger partial charge in [-0.25, -0.2) is 0 Å². The molecule has 35 heavy (non-hydrogen) atoms. The summed E-state index contributed by atoms with van der Waals surface area (Å²) in [6, 6.07) is 17.3. The Morgan fingerprint density at radius 3 is 2.43 bits per heavy atom. The van der Waals surface area contributed by atoms with Gasteiger partial charge in [0.15, 0.2) is 0 Å². The van der Waals surface area contributed by atoms with Crippen molar-refractivity contribution in [3.63, 3.8) is 0 Å². The number of furan rings is 1. The quantitative estimate of drug-likeness (QED) is 0.178. The van der Waals surface area contributed by atoms with E-state index in [1.165, 1.54) is 17.7 Å². The number of nitrogens with one attached hydrogen (secondary N) is 1. The lowest BCUT2D eigenvalue weighted by molar-refractivity contribution is 0.0505. The molecule has 0 spiro atoms. The number of alkyl halides is 2. The summed E-state index contributed by atoms with van der Waals surface area (Å²) in [5.74, 6) is 0.788. The number of rotatable bonds is 14. The van der Waals surface area contributed by atoms with E-state index in [0.717, 1.165) is 25.7 Å². The molecule has 3 N–H and O–H groups in total. The number of benzene rings is 2. The topological polar surface area (TPSA) is 91.9 Å². The summed E-state index contributed by atoms with van der Waals surface area (Å²) in [5.41, 5.74) is -1.58. The summed E-state index contributed by atoms with van der Waals surface area (Å²) in [6.07, 6.45) is 2.87. The fourth-order valence-corrected chi connectivity index (χ4v) is 3.92. The van der Waals surface area contributed by atoms with Crippen molar-refractivity contribution in [3.8, 4) is 17.1 Å². The maximum Gasteiger partial charge on any atom is 0.394 e. The van der Waals surface area contributed by atoms with Crippen LogP contribution >= 0.6 is 7.60 Å². The largest absolute Gasteiger partial charge is 0.493 e. The van der Waals surface area contributed by atoms with Crippen molar-refractivity contribution < 1.29 is 36.7 Å². The maximum absolute atomic E-state index is 13.5. The fraction of sp³-hybridized carbons (Fsp3) is 0.360. The summed E-state index contributed by atoms with van der Waals surface area (Å²) < 4.78 is 62.2. The van der Waals surface area contributed by atoms with Crippen LogP contribution in [0, 0.1) is 6.01 Å². The molecule has 3 rings (SSSR count). The van der Waals surface area contributed by atoms with Crippen LogP contribution in [0.25, 0.3) is 11.3 Å². The van der Waals surface area contributed by atoms with Gasteiger partial charge in [0.05, 0.1) is 12.2 Å². The van der Waals surface area contributed by atoms with E-state index in [1.807, 2.05) is 18.2 Å². The molecule has 0 aliphatic rings. The Balaban J connectivity index is 1.54. The Labute approximate surface area is 202 Å². The molecule has 0 saturated carbocycles. The van der Waals surface area contributed by atoms with Gasteiger partial charge in [-0.15, -0.1) is 0 Å². The predicted molar refractivity (Wildman–Crippen MR) is 127 cm³/mol. The molecule has 6 nitrogen and oxygen atoms in total. The van der Waals surface area contributed by atoms with Crippen LogP contribution in [0.1, 0.15) is 36.8 Å². The van der Waals surface area contributed by atoms with Crippen LogP contribution in [-0.4, -0.2) is 28.6 Å². The zero-order valence-electron chi connectivity index (χ0n) is 19.1. The van der Waals surface area contributed by atoms with Gasteiger partial charge in [0.1, 0.15) is 11.5 Å². The molecule has 0 bridgehead atoms. The molecule has 0 aliphatic heterocycles. The number of hydrogen-bond acceptors (Lipinski definition) is 4. The highest BCUT2D eigenvalue weighted by Crippen LogP contribution is 2.54. The van der Waals surface area contributed by atoms with Gasteiger partial charge < -0.3 is 24.3 Å². The number of aryl methyl sites for hydroxylation is 1. The molecule has 0 unspecified atom stereocenters. The molecule has 0 radical (unpaired) electrons. The van der Waals surface area contributed by atoms with Crippen LogP contribution < -0.4 is 10.1 Å². The Morgan fingerprint density at radius 1 is 0.971 bits per heavy atom. The third kappa shape index (κ3) is 8.25. The van der Waals surface area contributed by atoms with Gasteiger partial charge in [-0.2, -0.15) is 13.2 Å². The third-order valence-corrected chi connectivity index (χ3v) is 6.53. The molecule has 0 aliphatic carbocycles. The standard InChI is InChI=1S/C25H29F3NO5P/c26-24-13-12-23(34-24)21-17-20(18-29-15-14-25(27,28)35(30,31)32)10-11-22(21)33-16-6-2-5-9-19-7-3-1-4-8-19/h1,3-4,7-8,10-13,17,29H,2,5-6,9,14-16,18H2,(H2,30,31,32). The van der Waals surface area contributed by atoms with Gasteiger partial charge in [0, 0.05) is 25.6 Å². The molecule has 1 aromatic heterocycles. The van der Waals surface area contributed by atoms with E-state index in [9.17, 15) is 17.7 Å². The van der Waals surface area contributed by atoms with Crippen LogP contribution in [-0.2, 0) is 17.5 Å². The molecule has 190 valence electrons. The molecular weight excluding hydrogens is 482 g/mol. The second-order valence-corrected chi connectivity index (χ2v) is 9.96. The summed E-state index contributed by atoms with van der Waals surface area (Å²) in [7, 11) is -5.50. The van der Waals surface area contributed by atoms with Crippen molar-refractivity contribution in [1.29, 1.82) is 0 Å². The van der Waals surface area contributed by atoms with Crippen molar-refractivity contribution >= 4 is 7.60 Å². The Bertz CT molecular complexity index is 1120. The minimum absolute atomic E-state index is 0.160. The predicted octanol–water partition coefficient (Wildman–Crippen LogP) is 6.13. The van der Waals surface area contributed by atoms with Crippen molar-refractivity contribution in [2.75, 3.05) is 13.2 Å². The lowest BCUT2D eigenvalue weighted by Crippen LogP contribution is -2.24. The van der Waals surface area contributed by atoms with Crippen LogP contribution in [0.3, 0.4) is 0 Å². The first-order valence-electron chi connectivity index (χ1n) is 11.4. The minimum atomic E-state index is -5.50. The third-order valence-electron chi connectivity index (χ3n) is 5.45. The van der Waals surface area contributed by atoms with Crippen molar-refractivity contribution in [3.05, 3.63) is 77.8 Å². The molecule has 2 aromatic carbocycles. The van der Waals surface area contributed by atoms with Gasteiger partial charge >= 0.3 is 13.3 Å². The zero-order chi connectivity index (χ0) is 25.3. The van der Waals surface area contributed by atoms with E-state index in [0.29, 0.717) is 23.5 Å². The van der Waals surface area contributed by atoms with Gasteiger partial charge in [-0.3, -0.25) is 4.57 Å². The van der Waals surface area contributed by atoms with Gasteiger partial charge in [-0.05, 0) is 55.0 Å². The Hall–Kier alpha value is -2.58. The number of ether oxygens (including phenoxy) is 1. The van der Waals surface area contributed by atoms with Crippen LogP contribution in [0.15, 0.2) is 65.1 Å². The van der Waals surface area contributed by atoms with E-state index in [2.05, 4.69) is 17.4 Å². The van der Waals surface area contributed by atoms with E-state index < -0.39 is 25.7 Å². The van der Waals surface area contributed by atoms with E-state index >= 15 is 0 Å². The van der Waals surface area contributed by atoms with Crippen molar-refractivity contribution in [2.24, 2.45) is 0 Å². The SMILES string of the molecule is O=P(O)(O)C(F)(F)CCNCc1ccc(OCCCCCc2ccccc2)c(-c2ccc(F)o2)c1. The van der Waals surface area contributed by atoms with Crippen molar-refractivity contribution in [1.82, 2.24) is 5.32 Å². The molecule has 0 amide bonds. The highest BCUT2D eigenvalue weighted by molar-refractivity contribution is 7.53. The highest BCUT2D eigenvalue weighted by atomic mass is 31.2. The first kappa shape index (κ1) is 27.0. The average molecular weight is 511 g/mol. The molecular formula is C25H29F3NO5P. The van der Waals surface area contributed by atoms with Crippen LogP contribution in [0.5, 0.6) is 5.75 Å². The zero-order valence-corrected chi connectivity index (χ0v) is 20.0. The van der Waals surface area contributed by atoms with Gasteiger partial charge in [0.2, 0.25) is 0 Å². The summed E-state index contributed by atoms with van der Waals surface area (Å²) in [4.78, 5) is 17.4. The second-order valence-electron chi connectivity index (χ2n) is 8.22. The van der Waals surface area contributed by atoms with Gasteiger partial charge in [-0.1, -0.05) is 36.4 Å².